The number of rotatable bonds is 7. The van der Waals surface area contributed by atoms with Crippen molar-refractivity contribution in [3.05, 3.63) is 101 Å². The maximum Gasteiger partial charge on any atom is 0.251 e. The number of hydrogen-bond donors (Lipinski definition) is 2. The molecule has 39 heavy (non-hydrogen) atoms. The molecule has 5 rings (SSSR count). The second kappa shape index (κ2) is 10.6. The van der Waals surface area contributed by atoms with Gasteiger partial charge in [-0.1, -0.05) is 36.4 Å². The van der Waals surface area contributed by atoms with E-state index in [9.17, 15) is 14.7 Å². The Morgan fingerprint density at radius 1 is 1.03 bits per heavy atom. The van der Waals surface area contributed by atoms with E-state index in [1.165, 1.54) is 36.4 Å². The van der Waals surface area contributed by atoms with Gasteiger partial charge in [-0.25, -0.2) is 13.8 Å². The number of benzene rings is 3. The Bertz CT molecular complexity index is 1510. The number of amides is 2. The summed E-state index contributed by atoms with van der Waals surface area (Å²) in [7, 11) is 0. The van der Waals surface area contributed by atoms with Crippen molar-refractivity contribution in [2.75, 3.05) is 13.1 Å². The summed E-state index contributed by atoms with van der Waals surface area (Å²) in [5.41, 5.74) is -1.12. The summed E-state index contributed by atoms with van der Waals surface area (Å²) in [6.07, 6.45) is 0.952. The van der Waals surface area contributed by atoms with E-state index in [4.69, 9.17) is 0 Å². The van der Waals surface area contributed by atoms with Crippen LogP contribution in [-0.2, 0) is 16.9 Å². The number of piperidine rings is 1. The van der Waals surface area contributed by atoms with Crippen LogP contribution in [0.2, 0.25) is 0 Å². The molecule has 9 heteroatoms. The first-order valence-corrected chi connectivity index (χ1v) is 13.1. The molecule has 0 saturated carbocycles. The summed E-state index contributed by atoms with van der Waals surface area (Å²) in [6, 6.07) is 16.2. The Kier molecular flexibility index (Phi) is 7.18. The fourth-order valence-electron chi connectivity index (χ4n) is 5.36. The summed E-state index contributed by atoms with van der Waals surface area (Å²) in [4.78, 5) is 31.6. The van der Waals surface area contributed by atoms with Crippen LogP contribution in [0, 0.1) is 11.6 Å². The molecule has 2 N–H and O–H groups in total. The molecule has 202 valence electrons. The van der Waals surface area contributed by atoms with Gasteiger partial charge >= 0.3 is 0 Å². The summed E-state index contributed by atoms with van der Waals surface area (Å²) < 4.78 is 32.0. The molecule has 1 aromatic heterocycles. The number of imidazole rings is 1. The molecule has 1 saturated heterocycles. The first kappa shape index (κ1) is 26.5. The first-order chi connectivity index (χ1) is 18.8. The van der Waals surface area contributed by atoms with E-state index in [0.717, 1.165) is 0 Å². The number of aromatic nitrogens is 2. The number of nitrogens with one attached hydrogen (secondary N) is 1. The van der Waals surface area contributed by atoms with Crippen molar-refractivity contribution >= 4 is 22.8 Å². The summed E-state index contributed by atoms with van der Waals surface area (Å²) >= 11 is 0. The number of fused-ring (bicyclic) bond motifs is 1. The lowest BCUT2D eigenvalue weighted by atomic mass is 9.84. The number of halogens is 2. The fourth-order valence-corrected chi connectivity index (χ4v) is 5.36. The molecule has 0 unspecified atom stereocenters. The van der Waals surface area contributed by atoms with Crippen LogP contribution < -0.4 is 5.32 Å². The standard InChI is InChI=1S/C30H30F2N4O3/c1-3-35-18-20(14-16-27(35)37)33-28(38)19-13-15-25-26(17-19)36(4-2)29(34-25)30(39,21-9-5-7-11-23(21)31)22-10-6-8-12-24(22)32/h5-13,15,17,20,39H,3-4,14,16,18H2,1-2H3,(H,33,38)/t20-/m1/s1. The van der Waals surface area contributed by atoms with Gasteiger partial charge in [0.05, 0.1) is 11.0 Å². The highest BCUT2D eigenvalue weighted by molar-refractivity contribution is 5.97. The highest BCUT2D eigenvalue weighted by Crippen LogP contribution is 2.40. The van der Waals surface area contributed by atoms with Gasteiger partial charge < -0.3 is 19.9 Å². The number of aliphatic hydroxyl groups is 1. The molecular formula is C30H30F2N4O3. The van der Waals surface area contributed by atoms with Gasteiger partial charge in [0, 0.05) is 48.8 Å². The molecule has 7 nitrogen and oxygen atoms in total. The van der Waals surface area contributed by atoms with Gasteiger partial charge in [0.1, 0.15) is 11.6 Å². The summed E-state index contributed by atoms with van der Waals surface area (Å²) in [5.74, 6) is -1.58. The molecule has 0 bridgehead atoms. The Morgan fingerprint density at radius 3 is 2.26 bits per heavy atom. The van der Waals surface area contributed by atoms with E-state index < -0.39 is 17.2 Å². The zero-order chi connectivity index (χ0) is 27.7. The van der Waals surface area contributed by atoms with Crippen LogP contribution in [0.1, 0.15) is 54.0 Å². The van der Waals surface area contributed by atoms with Crippen molar-refractivity contribution in [2.45, 2.75) is 44.9 Å². The Labute approximate surface area is 225 Å². The highest BCUT2D eigenvalue weighted by Gasteiger charge is 2.42. The monoisotopic (exact) mass is 532 g/mol. The van der Waals surface area contributed by atoms with Crippen molar-refractivity contribution in [3.8, 4) is 0 Å². The van der Waals surface area contributed by atoms with Crippen LogP contribution in [0.15, 0.2) is 66.7 Å². The van der Waals surface area contributed by atoms with E-state index in [0.29, 0.717) is 49.1 Å². The molecule has 1 aliphatic heterocycles. The first-order valence-electron chi connectivity index (χ1n) is 13.1. The molecular weight excluding hydrogens is 502 g/mol. The summed E-state index contributed by atoms with van der Waals surface area (Å²) in [5, 5.41) is 15.2. The van der Waals surface area contributed by atoms with Gasteiger partial charge in [0.25, 0.3) is 5.91 Å². The van der Waals surface area contributed by atoms with Crippen molar-refractivity contribution in [2.24, 2.45) is 0 Å². The molecule has 1 fully saturated rings. The lowest BCUT2D eigenvalue weighted by molar-refractivity contribution is -0.133. The van der Waals surface area contributed by atoms with Crippen molar-refractivity contribution in [3.63, 3.8) is 0 Å². The topological polar surface area (TPSA) is 87.5 Å². The molecule has 0 radical (unpaired) electrons. The predicted molar refractivity (Wildman–Crippen MR) is 143 cm³/mol. The van der Waals surface area contributed by atoms with Crippen molar-refractivity contribution in [1.29, 1.82) is 0 Å². The summed E-state index contributed by atoms with van der Waals surface area (Å²) in [6.45, 7) is 5.10. The number of likely N-dealkylation sites (N-methyl/N-ethyl adjacent to an activating group) is 1. The van der Waals surface area contributed by atoms with E-state index in [-0.39, 0.29) is 34.8 Å². The predicted octanol–water partition coefficient (Wildman–Crippen LogP) is 4.36. The van der Waals surface area contributed by atoms with E-state index >= 15 is 8.78 Å². The van der Waals surface area contributed by atoms with Gasteiger partial charge in [-0.05, 0) is 50.6 Å². The molecule has 2 heterocycles. The van der Waals surface area contributed by atoms with Gasteiger partial charge in [-0.2, -0.15) is 0 Å². The average Bonchev–Trinajstić information content (AvgIpc) is 3.32. The maximum atomic E-state index is 15.2. The smallest absolute Gasteiger partial charge is 0.251 e. The van der Waals surface area contributed by atoms with Crippen LogP contribution in [0.5, 0.6) is 0 Å². The average molecular weight is 533 g/mol. The zero-order valence-electron chi connectivity index (χ0n) is 21.8. The molecule has 0 spiro atoms. The Hall–Kier alpha value is -4.11. The maximum absolute atomic E-state index is 15.2. The molecule has 1 aliphatic rings. The molecule has 4 aromatic rings. The lowest BCUT2D eigenvalue weighted by Gasteiger charge is -2.32. The van der Waals surface area contributed by atoms with E-state index in [1.807, 2.05) is 13.8 Å². The minimum atomic E-state index is -2.24. The number of likely N-dealkylation sites (tertiary alicyclic amines) is 1. The second-order valence-corrected chi connectivity index (χ2v) is 9.69. The van der Waals surface area contributed by atoms with Crippen molar-refractivity contribution < 1.29 is 23.5 Å². The molecule has 2 amide bonds. The number of hydrogen-bond acceptors (Lipinski definition) is 4. The quantitative estimate of drug-likeness (QED) is 0.370. The van der Waals surface area contributed by atoms with Crippen LogP contribution in [0.3, 0.4) is 0 Å². The number of carbonyl (C=O) groups excluding carboxylic acids is 2. The fraction of sp³-hybridized carbons (Fsp3) is 0.300. The van der Waals surface area contributed by atoms with Crippen LogP contribution >= 0.6 is 0 Å². The largest absolute Gasteiger partial charge is 0.373 e. The third-order valence-electron chi connectivity index (χ3n) is 7.39. The van der Waals surface area contributed by atoms with E-state index in [1.54, 1.807) is 39.8 Å². The van der Waals surface area contributed by atoms with Gasteiger partial charge in [-0.3, -0.25) is 9.59 Å². The van der Waals surface area contributed by atoms with Crippen molar-refractivity contribution in [1.82, 2.24) is 19.8 Å². The zero-order valence-corrected chi connectivity index (χ0v) is 21.8. The molecule has 3 aromatic carbocycles. The Balaban J connectivity index is 1.59. The third kappa shape index (κ3) is 4.67. The molecule has 0 aliphatic carbocycles. The van der Waals surface area contributed by atoms with E-state index in [2.05, 4.69) is 10.3 Å². The normalized spacial score (nSPS) is 16.1. The minimum Gasteiger partial charge on any atom is -0.373 e. The SMILES string of the molecule is CCN1C[C@H](NC(=O)c2ccc3nc(C(O)(c4ccccc4F)c4ccccc4F)n(CC)c3c2)CCC1=O. The Morgan fingerprint density at radius 2 is 1.67 bits per heavy atom. The number of aryl methyl sites for hydroxylation is 1. The van der Waals surface area contributed by atoms with Crippen LogP contribution in [-0.4, -0.2) is 50.5 Å². The van der Waals surface area contributed by atoms with Crippen LogP contribution in [0.25, 0.3) is 11.0 Å². The lowest BCUT2D eigenvalue weighted by Crippen LogP contribution is -2.49. The number of carbonyl (C=O) groups is 2. The highest BCUT2D eigenvalue weighted by atomic mass is 19.1. The van der Waals surface area contributed by atoms with Gasteiger partial charge in [0.2, 0.25) is 5.91 Å². The van der Waals surface area contributed by atoms with Gasteiger partial charge in [0.15, 0.2) is 11.4 Å². The third-order valence-corrected chi connectivity index (χ3v) is 7.39. The minimum absolute atomic E-state index is 0.0390. The molecule has 1 atom stereocenters. The van der Waals surface area contributed by atoms with Crippen LogP contribution in [0.4, 0.5) is 8.78 Å². The second-order valence-electron chi connectivity index (χ2n) is 9.69. The number of nitrogens with zero attached hydrogens (tertiary/aromatic N) is 3. The van der Waals surface area contributed by atoms with Gasteiger partial charge in [-0.15, -0.1) is 0 Å².